The number of nitrogens with one attached hydrogen (secondary N) is 1. The summed E-state index contributed by atoms with van der Waals surface area (Å²) in [5.74, 6) is -0.0686. The molecule has 0 unspecified atom stereocenters. The largest absolute Gasteiger partial charge is 0.451 e. The van der Waals surface area contributed by atoms with Gasteiger partial charge in [0, 0.05) is 29.7 Å². The van der Waals surface area contributed by atoms with Crippen molar-refractivity contribution in [1.29, 1.82) is 0 Å². The van der Waals surface area contributed by atoms with Crippen molar-refractivity contribution >= 4 is 28.8 Å². The molecule has 4 rings (SSSR count). The van der Waals surface area contributed by atoms with Crippen LogP contribution >= 0.6 is 0 Å². The monoisotopic (exact) mass is 363 g/mol. The maximum atomic E-state index is 12.3. The normalized spacial score (nSPS) is 14.8. The van der Waals surface area contributed by atoms with Crippen molar-refractivity contribution in [3.8, 4) is 0 Å². The van der Waals surface area contributed by atoms with Gasteiger partial charge in [0.25, 0.3) is 0 Å². The van der Waals surface area contributed by atoms with Crippen LogP contribution in [0.2, 0.25) is 0 Å². The van der Waals surface area contributed by atoms with Crippen molar-refractivity contribution in [2.45, 2.75) is 6.92 Å². The van der Waals surface area contributed by atoms with Crippen LogP contribution in [0.25, 0.3) is 11.0 Å². The molecule has 1 aromatic heterocycles. The summed E-state index contributed by atoms with van der Waals surface area (Å²) in [6, 6.07) is 15.6. The number of ether oxygens (including phenoxy) is 1. The number of fused-ring (bicyclic) bond motifs is 1. The van der Waals surface area contributed by atoms with Gasteiger partial charge >= 0.3 is 5.91 Å². The van der Waals surface area contributed by atoms with Crippen molar-refractivity contribution in [2.24, 2.45) is 5.10 Å². The lowest BCUT2D eigenvalue weighted by atomic mass is 10.1. The molecule has 0 radical (unpaired) electrons. The molecule has 0 saturated carbocycles. The number of nitrogens with zero attached hydrogens (tertiary/aromatic N) is 2. The molecule has 2 aromatic carbocycles. The SMILES string of the molecule is Cc1c(C(=O)N/N=C\c2ccc(N3CCOCC3)cc2)oc2ccccc12. The Morgan fingerprint density at radius 1 is 1.11 bits per heavy atom. The number of rotatable bonds is 4. The summed E-state index contributed by atoms with van der Waals surface area (Å²) in [5.41, 5.74) is 6.12. The van der Waals surface area contributed by atoms with Gasteiger partial charge in [-0.2, -0.15) is 5.10 Å². The van der Waals surface area contributed by atoms with Crippen molar-refractivity contribution < 1.29 is 13.9 Å². The number of hydrogen-bond acceptors (Lipinski definition) is 5. The van der Waals surface area contributed by atoms with Crippen LogP contribution in [0.3, 0.4) is 0 Å². The van der Waals surface area contributed by atoms with E-state index >= 15 is 0 Å². The van der Waals surface area contributed by atoms with Gasteiger partial charge in [-0.05, 0) is 30.7 Å². The molecule has 3 aromatic rings. The van der Waals surface area contributed by atoms with Crippen LogP contribution in [-0.4, -0.2) is 38.4 Å². The fourth-order valence-corrected chi connectivity index (χ4v) is 3.20. The molecule has 0 atom stereocenters. The van der Waals surface area contributed by atoms with E-state index in [2.05, 4.69) is 27.6 Å². The van der Waals surface area contributed by atoms with Crippen molar-refractivity contribution in [1.82, 2.24) is 5.43 Å². The molecule has 0 spiro atoms. The van der Waals surface area contributed by atoms with Crippen LogP contribution in [0.4, 0.5) is 5.69 Å². The molecule has 0 bridgehead atoms. The first-order valence-electron chi connectivity index (χ1n) is 8.96. The van der Waals surface area contributed by atoms with Crippen molar-refractivity contribution in [2.75, 3.05) is 31.2 Å². The van der Waals surface area contributed by atoms with Gasteiger partial charge in [0.15, 0.2) is 5.76 Å². The Kier molecular flexibility index (Phi) is 4.89. The average molecular weight is 363 g/mol. The lowest BCUT2D eigenvalue weighted by Gasteiger charge is -2.28. The number of anilines is 1. The number of para-hydroxylation sites is 1. The Morgan fingerprint density at radius 3 is 2.59 bits per heavy atom. The van der Waals surface area contributed by atoms with Gasteiger partial charge < -0.3 is 14.1 Å². The Hall–Kier alpha value is -3.12. The van der Waals surface area contributed by atoms with E-state index in [9.17, 15) is 4.79 Å². The third-order valence-corrected chi connectivity index (χ3v) is 4.70. The van der Waals surface area contributed by atoms with E-state index in [-0.39, 0.29) is 11.7 Å². The lowest BCUT2D eigenvalue weighted by molar-refractivity contribution is 0.0929. The first-order chi connectivity index (χ1) is 13.2. The number of hydrogen-bond donors (Lipinski definition) is 1. The average Bonchev–Trinajstić information content (AvgIpc) is 3.06. The van der Waals surface area contributed by atoms with Crippen molar-refractivity contribution in [3.63, 3.8) is 0 Å². The highest BCUT2D eigenvalue weighted by Crippen LogP contribution is 2.24. The number of aryl methyl sites for hydroxylation is 1. The van der Waals surface area contributed by atoms with E-state index in [4.69, 9.17) is 9.15 Å². The quantitative estimate of drug-likeness (QED) is 0.570. The van der Waals surface area contributed by atoms with E-state index in [1.807, 2.05) is 43.3 Å². The van der Waals surface area contributed by atoms with Crippen LogP contribution in [0.5, 0.6) is 0 Å². The molecule has 6 nitrogen and oxygen atoms in total. The number of amides is 1. The molecule has 1 amide bonds. The highest BCUT2D eigenvalue weighted by Gasteiger charge is 2.16. The number of carbonyl (C=O) groups excluding carboxylic acids is 1. The number of carbonyl (C=O) groups is 1. The zero-order chi connectivity index (χ0) is 18.6. The molecule has 2 heterocycles. The predicted octanol–water partition coefficient (Wildman–Crippen LogP) is 3.34. The summed E-state index contributed by atoms with van der Waals surface area (Å²) in [6.07, 6.45) is 1.62. The topological polar surface area (TPSA) is 67.1 Å². The van der Waals surface area contributed by atoms with E-state index in [1.165, 1.54) is 0 Å². The van der Waals surface area contributed by atoms with Crippen LogP contribution in [-0.2, 0) is 4.74 Å². The molecule has 6 heteroatoms. The summed E-state index contributed by atoms with van der Waals surface area (Å²) < 4.78 is 11.0. The highest BCUT2D eigenvalue weighted by atomic mass is 16.5. The second-order valence-corrected chi connectivity index (χ2v) is 6.44. The lowest BCUT2D eigenvalue weighted by Crippen LogP contribution is -2.36. The summed E-state index contributed by atoms with van der Waals surface area (Å²) in [6.45, 7) is 5.20. The summed E-state index contributed by atoms with van der Waals surface area (Å²) >= 11 is 0. The van der Waals surface area contributed by atoms with E-state index in [0.29, 0.717) is 5.58 Å². The number of morpholine rings is 1. The third kappa shape index (κ3) is 3.71. The first-order valence-corrected chi connectivity index (χ1v) is 8.96. The maximum Gasteiger partial charge on any atom is 0.307 e. The summed E-state index contributed by atoms with van der Waals surface area (Å²) in [5, 5.41) is 4.99. The Labute approximate surface area is 157 Å². The number of hydrazone groups is 1. The maximum absolute atomic E-state index is 12.3. The zero-order valence-electron chi connectivity index (χ0n) is 15.1. The van der Waals surface area contributed by atoms with E-state index < -0.39 is 0 Å². The molecule has 138 valence electrons. The summed E-state index contributed by atoms with van der Waals surface area (Å²) in [4.78, 5) is 14.6. The third-order valence-electron chi connectivity index (χ3n) is 4.70. The molecular weight excluding hydrogens is 342 g/mol. The Morgan fingerprint density at radius 2 is 1.85 bits per heavy atom. The van der Waals surface area contributed by atoms with Gasteiger partial charge in [-0.3, -0.25) is 4.79 Å². The molecule has 27 heavy (non-hydrogen) atoms. The molecular formula is C21H21N3O3. The molecule has 1 N–H and O–H groups in total. The molecule has 1 aliphatic heterocycles. The smallest absolute Gasteiger partial charge is 0.307 e. The second-order valence-electron chi connectivity index (χ2n) is 6.44. The number of benzene rings is 2. The second kappa shape index (κ2) is 7.63. The molecule has 1 saturated heterocycles. The van der Waals surface area contributed by atoms with Gasteiger partial charge in [-0.15, -0.1) is 0 Å². The van der Waals surface area contributed by atoms with E-state index in [1.54, 1.807) is 6.21 Å². The fraction of sp³-hybridized carbons (Fsp3) is 0.238. The first kappa shape index (κ1) is 17.3. The minimum absolute atomic E-state index is 0.288. The zero-order valence-corrected chi connectivity index (χ0v) is 15.1. The van der Waals surface area contributed by atoms with Gasteiger partial charge in [0.1, 0.15) is 5.58 Å². The molecule has 1 fully saturated rings. The fourth-order valence-electron chi connectivity index (χ4n) is 3.20. The highest BCUT2D eigenvalue weighted by molar-refractivity contribution is 5.99. The minimum atomic E-state index is -0.357. The standard InChI is InChI=1S/C21H21N3O3/c1-15-18-4-2-3-5-19(18)27-20(15)21(25)23-22-14-16-6-8-17(9-7-16)24-10-12-26-13-11-24/h2-9,14H,10-13H2,1H3,(H,23,25)/b22-14-. The predicted molar refractivity (Wildman–Crippen MR) is 105 cm³/mol. The van der Waals surface area contributed by atoms with Crippen LogP contribution in [0.15, 0.2) is 58.0 Å². The Bertz CT molecular complexity index is 970. The van der Waals surface area contributed by atoms with Crippen molar-refractivity contribution in [3.05, 3.63) is 65.4 Å². The van der Waals surface area contributed by atoms with Crippen LogP contribution < -0.4 is 10.3 Å². The van der Waals surface area contributed by atoms with Gasteiger partial charge in [0.2, 0.25) is 0 Å². The van der Waals surface area contributed by atoms with Gasteiger partial charge in [-0.25, -0.2) is 5.43 Å². The summed E-state index contributed by atoms with van der Waals surface area (Å²) in [7, 11) is 0. The van der Waals surface area contributed by atoms with Crippen LogP contribution in [0.1, 0.15) is 21.7 Å². The van der Waals surface area contributed by atoms with Crippen LogP contribution in [0, 0.1) is 6.92 Å². The molecule has 1 aliphatic rings. The Balaban J connectivity index is 1.40. The van der Waals surface area contributed by atoms with Gasteiger partial charge in [0.05, 0.1) is 19.4 Å². The minimum Gasteiger partial charge on any atom is -0.451 e. The molecule has 0 aliphatic carbocycles. The van der Waals surface area contributed by atoms with Gasteiger partial charge in [-0.1, -0.05) is 30.3 Å². The number of furan rings is 1. The van der Waals surface area contributed by atoms with E-state index in [0.717, 1.165) is 48.5 Å².